The van der Waals surface area contributed by atoms with Gasteiger partial charge in [-0.05, 0) is 61.3 Å². The number of aromatic nitrogens is 1. The van der Waals surface area contributed by atoms with Crippen molar-refractivity contribution < 1.29 is 28.3 Å². The van der Waals surface area contributed by atoms with Crippen molar-refractivity contribution in [2.75, 3.05) is 26.2 Å². The van der Waals surface area contributed by atoms with Crippen LogP contribution < -0.4 is 5.32 Å². The lowest BCUT2D eigenvalue weighted by atomic mass is 9.97. The van der Waals surface area contributed by atoms with Crippen LogP contribution in [-0.4, -0.2) is 100 Å². The maximum absolute atomic E-state index is 14.2. The summed E-state index contributed by atoms with van der Waals surface area (Å²) in [4.78, 5) is 35.6. The quantitative estimate of drug-likeness (QED) is 0.112. The van der Waals surface area contributed by atoms with Crippen LogP contribution in [0.1, 0.15) is 61.4 Å². The molecule has 2 fully saturated rings. The van der Waals surface area contributed by atoms with Gasteiger partial charge in [0.2, 0.25) is 15.9 Å². The van der Waals surface area contributed by atoms with Gasteiger partial charge in [-0.1, -0.05) is 74.3 Å². The fourth-order valence-corrected chi connectivity index (χ4v) is 9.07. The van der Waals surface area contributed by atoms with Crippen LogP contribution in [0.15, 0.2) is 70.0 Å². The SMILES string of the molecule is Cc1nc(CN2CCN([C@H](C(=O)N[C@@H](Cc3ccccc3)[C@H](O)CN(CC3CCCC3)S(=O)(=O)c3ccc(/C=N/O)cc3)C(C)C)C2=O)cs1. The van der Waals surface area contributed by atoms with Crippen molar-refractivity contribution in [2.45, 2.75) is 82.5 Å². The fourth-order valence-electron chi connectivity index (χ4n) is 6.94. The third kappa shape index (κ3) is 9.27. The van der Waals surface area contributed by atoms with Gasteiger partial charge >= 0.3 is 6.03 Å². The minimum Gasteiger partial charge on any atom is -0.411 e. The monoisotopic (exact) mass is 724 g/mol. The Morgan fingerprint density at radius 2 is 1.82 bits per heavy atom. The first-order chi connectivity index (χ1) is 24.0. The summed E-state index contributed by atoms with van der Waals surface area (Å²) in [6.45, 7) is 6.92. The van der Waals surface area contributed by atoms with Gasteiger partial charge in [0.25, 0.3) is 0 Å². The molecule has 3 N–H and O–H groups in total. The molecule has 14 heteroatoms. The summed E-state index contributed by atoms with van der Waals surface area (Å²) < 4.78 is 29.5. The second-order valence-electron chi connectivity index (χ2n) is 13.6. The number of aryl methyl sites for hydroxylation is 1. The van der Waals surface area contributed by atoms with E-state index in [1.807, 2.05) is 56.5 Å². The van der Waals surface area contributed by atoms with Crippen molar-refractivity contribution in [2.24, 2.45) is 17.0 Å². The third-order valence-corrected chi connectivity index (χ3v) is 12.2. The van der Waals surface area contributed by atoms with E-state index in [0.29, 0.717) is 25.2 Å². The van der Waals surface area contributed by atoms with E-state index < -0.39 is 34.1 Å². The third-order valence-electron chi connectivity index (χ3n) is 9.52. The molecule has 0 unspecified atom stereocenters. The lowest BCUT2D eigenvalue weighted by Crippen LogP contribution is -2.57. The molecule has 2 aliphatic rings. The lowest BCUT2D eigenvalue weighted by molar-refractivity contribution is -0.128. The number of sulfonamides is 1. The Morgan fingerprint density at radius 3 is 2.44 bits per heavy atom. The van der Waals surface area contributed by atoms with Crippen LogP contribution in [0.3, 0.4) is 0 Å². The molecule has 270 valence electrons. The standard InChI is InChI=1S/C36H48N6O6S2/c1-25(2)34(42-18-17-40(36(42)45)22-30-24-49-26(3)38-30)35(44)39-32(19-27-9-5-4-6-10-27)33(43)23-41(21-29-11-7-8-12-29)50(47,48)31-15-13-28(14-16-31)20-37-46/h4-6,9-10,13-16,20,24-25,29,32-34,43,46H,7-8,11-12,17-19,21-23H2,1-3H3,(H,39,44)/b37-20+/t32-,33+,34-/m0/s1. The van der Waals surface area contributed by atoms with Crippen LogP contribution in [-0.2, 0) is 27.8 Å². The van der Waals surface area contributed by atoms with E-state index in [-0.39, 0.29) is 42.3 Å². The number of carbonyl (C=O) groups excluding carboxylic acids is 2. The normalized spacial score (nSPS) is 17.7. The number of benzene rings is 2. The highest BCUT2D eigenvalue weighted by molar-refractivity contribution is 7.89. The van der Waals surface area contributed by atoms with Gasteiger partial charge in [0, 0.05) is 31.6 Å². The van der Waals surface area contributed by atoms with Crippen molar-refractivity contribution in [3.63, 3.8) is 0 Å². The van der Waals surface area contributed by atoms with Gasteiger partial charge < -0.3 is 25.4 Å². The van der Waals surface area contributed by atoms with E-state index in [9.17, 15) is 23.1 Å². The van der Waals surface area contributed by atoms with E-state index in [0.717, 1.165) is 41.9 Å². The van der Waals surface area contributed by atoms with Gasteiger partial charge in [-0.15, -0.1) is 11.3 Å². The van der Waals surface area contributed by atoms with E-state index in [2.05, 4.69) is 15.5 Å². The molecular formula is C36H48N6O6S2. The zero-order valence-corrected chi connectivity index (χ0v) is 30.5. The Bertz CT molecular complexity index is 1710. The summed E-state index contributed by atoms with van der Waals surface area (Å²) in [6.07, 6.45) is 4.06. The topological polar surface area (TPSA) is 156 Å². The van der Waals surface area contributed by atoms with Crippen LogP contribution in [0.25, 0.3) is 0 Å². The summed E-state index contributed by atoms with van der Waals surface area (Å²) in [5.41, 5.74) is 2.22. The maximum Gasteiger partial charge on any atom is 0.321 e. The van der Waals surface area contributed by atoms with Crippen molar-refractivity contribution in [3.8, 4) is 0 Å². The number of rotatable bonds is 16. The number of hydrogen-bond donors (Lipinski definition) is 3. The molecule has 0 spiro atoms. The number of urea groups is 1. The number of nitrogens with one attached hydrogen (secondary N) is 1. The van der Waals surface area contributed by atoms with Crippen molar-refractivity contribution in [3.05, 3.63) is 81.8 Å². The number of oxime groups is 1. The number of aliphatic hydroxyl groups excluding tert-OH is 1. The molecule has 0 radical (unpaired) electrons. The Hall–Kier alpha value is -3.85. The first-order valence-corrected chi connectivity index (χ1v) is 19.5. The summed E-state index contributed by atoms with van der Waals surface area (Å²) in [5.74, 6) is -0.471. The van der Waals surface area contributed by atoms with Gasteiger partial charge in [-0.3, -0.25) is 4.79 Å². The molecule has 3 atom stereocenters. The Labute approximate surface area is 298 Å². The molecule has 1 saturated carbocycles. The Morgan fingerprint density at radius 1 is 1.12 bits per heavy atom. The predicted octanol–water partition coefficient (Wildman–Crippen LogP) is 4.49. The van der Waals surface area contributed by atoms with Crippen molar-refractivity contribution >= 4 is 39.5 Å². The highest BCUT2D eigenvalue weighted by Gasteiger charge is 2.41. The smallest absolute Gasteiger partial charge is 0.321 e. The molecule has 2 aromatic carbocycles. The van der Waals surface area contributed by atoms with Crippen molar-refractivity contribution in [1.82, 2.24) is 24.4 Å². The van der Waals surface area contributed by atoms with Crippen LogP contribution in [0.4, 0.5) is 4.79 Å². The molecule has 12 nitrogen and oxygen atoms in total. The highest BCUT2D eigenvalue weighted by Crippen LogP contribution is 2.29. The van der Waals surface area contributed by atoms with Crippen LogP contribution in [0.2, 0.25) is 0 Å². The van der Waals surface area contributed by atoms with Crippen LogP contribution in [0, 0.1) is 18.8 Å². The molecule has 1 aliphatic heterocycles. The maximum atomic E-state index is 14.2. The van der Waals surface area contributed by atoms with E-state index in [1.165, 1.54) is 34.0 Å². The van der Waals surface area contributed by atoms with E-state index in [4.69, 9.17) is 5.21 Å². The number of carbonyl (C=O) groups is 2. The largest absolute Gasteiger partial charge is 0.411 e. The van der Waals surface area contributed by atoms with Gasteiger partial charge in [-0.25, -0.2) is 18.2 Å². The molecular weight excluding hydrogens is 677 g/mol. The lowest BCUT2D eigenvalue weighted by Gasteiger charge is -2.34. The molecule has 5 rings (SSSR count). The predicted molar refractivity (Wildman–Crippen MR) is 193 cm³/mol. The summed E-state index contributed by atoms with van der Waals surface area (Å²) in [6, 6.07) is 13.6. The first-order valence-electron chi connectivity index (χ1n) is 17.2. The summed E-state index contributed by atoms with van der Waals surface area (Å²) >= 11 is 1.53. The second kappa shape index (κ2) is 16.9. The molecule has 50 heavy (non-hydrogen) atoms. The highest BCUT2D eigenvalue weighted by atomic mass is 32.2. The van der Waals surface area contributed by atoms with E-state index >= 15 is 0 Å². The fraction of sp³-hybridized carbons (Fsp3) is 0.500. The zero-order valence-electron chi connectivity index (χ0n) is 28.9. The van der Waals surface area contributed by atoms with E-state index in [1.54, 1.807) is 21.9 Å². The van der Waals surface area contributed by atoms with Crippen molar-refractivity contribution in [1.29, 1.82) is 0 Å². The molecule has 0 bridgehead atoms. The number of amides is 3. The van der Waals surface area contributed by atoms with Gasteiger partial charge in [0.05, 0.1) is 40.5 Å². The first kappa shape index (κ1) is 37.4. The number of thiazole rings is 1. The molecule has 1 aliphatic carbocycles. The summed E-state index contributed by atoms with van der Waals surface area (Å²) in [5, 5.41) is 29.7. The van der Waals surface area contributed by atoms with Crippen LogP contribution in [0.5, 0.6) is 0 Å². The van der Waals surface area contributed by atoms with Crippen LogP contribution >= 0.6 is 11.3 Å². The minimum absolute atomic E-state index is 0.0613. The zero-order chi connectivity index (χ0) is 35.8. The molecule has 3 amide bonds. The van der Waals surface area contributed by atoms with Gasteiger partial charge in [-0.2, -0.15) is 4.31 Å². The molecule has 3 aromatic rings. The number of nitrogens with zero attached hydrogens (tertiary/aromatic N) is 5. The molecule has 1 aromatic heterocycles. The van der Waals surface area contributed by atoms with Gasteiger partial charge in [0.15, 0.2) is 0 Å². The number of aliphatic hydroxyl groups is 1. The average Bonchev–Trinajstić information content (AvgIpc) is 3.84. The second-order valence-corrected chi connectivity index (χ2v) is 16.6. The Balaban J connectivity index is 1.38. The van der Waals surface area contributed by atoms with Gasteiger partial charge in [0.1, 0.15) is 6.04 Å². The molecule has 2 heterocycles. The average molecular weight is 725 g/mol. The Kier molecular flexibility index (Phi) is 12.6. The minimum atomic E-state index is -4.04. The molecule has 1 saturated heterocycles. The summed E-state index contributed by atoms with van der Waals surface area (Å²) in [7, 11) is -4.04. The number of hydrogen-bond acceptors (Lipinski definition) is 9.